The molecule has 1 N–H and O–H groups in total. The van der Waals surface area contributed by atoms with Gasteiger partial charge >= 0.3 is 0 Å². The molecule has 0 aliphatic carbocycles. The number of aromatic nitrogens is 3. The molecule has 10 heteroatoms. The van der Waals surface area contributed by atoms with Gasteiger partial charge < -0.3 is 23.7 Å². The van der Waals surface area contributed by atoms with E-state index >= 15 is 0 Å². The quantitative estimate of drug-likeness (QED) is 0.129. The fourth-order valence-electron chi connectivity index (χ4n) is 5.52. The number of nitrogens with zero attached hydrogens (tertiary/aromatic N) is 5. The summed E-state index contributed by atoms with van der Waals surface area (Å²) in [6, 6.07) is 21.0. The Morgan fingerprint density at radius 1 is 1.10 bits per heavy atom. The lowest BCUT2D eigenvalue weighted by molar-refractivity contribution is -0.0397. The van der Waals surface area contributed by atoms with Gasteiger partial charge in [0.1, 0.15) is 24.3 Å². The van der Waals surface area contributed by atoms with Crippen LogP contribution < -0.4 is 10.4 Å². The van der Waals surface area contributed by atoms with Gasteiger partial charge in [-0.1, -0.05) is 81.4 Å². The largest absolute Gasteiger partial charge is 0.405 e. The van der Waals surface area contributed by atoms with Crippen LogP contribution >= 0.6 is 22.6 Å². The van der Waals surface area contributed by atoms with Crippen LogP contribution in [0.4, 0.5) is 5.82 Å². The summed E-state index contributed by atoms with van der Waals surface area (Å²) in [5.74, 6) is 0.604. The lowest BCUT2D eigenvalue weighted by Crippen LogP contribution is -2.67. The first-order valence-electron chi connectivity index (χ1n) is 13.4. The van der Waals surface area contributed by atoms with Crippen LogP contribution in [0.5, 0.6) is 0 Å². The first-order valence-corrected chi connectivity index (χ1v) is 16.4. The minimum atomic E-state index is -2.75. The van der Waals surface area contributed by atoms with E-state index in [0.717, 1.165) is 14.6 Å². The molecule has 5 rings (SSSR count). The number of aliphatic hydroxyl groups excluding tert-OH is 1. The van der Waals surface area contributed by atoms with Crippen molar-refractivity contribution in [2.45, 2.75) is 50.7 Å². The Balaban J connectivity index is 1.44. The van der Waals surface area contributed by atoms with Gasteiger partial charge in [0.25, 0.3) is 8.32 Å². The second kappa shape index (κ2) is 11.7. The van der Waals surface area contributed by atoms with Crippen molar-refractivity contribution in [3.8, 4) is 0 Å². The van der Waals surface area contributed by atoms with Crippen molar-refractivity contribution in [3.05, 3.63) is 76.8 Å². The van der Waals surface area contributed by atoms with E-state index in [4.69, 9.17) is 9.16 Å². The molecule has 3 atom stereocenters. The highest BCUT2D eigenvalue weighted by Gasteiger charge is 2.51. The smallest absolute Gasteiger partial charge is 0.261 e. The maximum Gasteiger partial charge on any atom is 0.261 e. The minimum Gasteiger partial charge on any atom is -0.405 e. The third kappa shape index (κ3) is 5.47. The number of ether oxygens (including phenoxy) is 1. The number of hydrogen-bond donors (Lipinski definition) is 1. The molecule has 2 aromatic carbocycles. The van der Waals surface area contributed by atoms with Crippen molar-refractivity contribution in [1.82, 2.24) is 19.4 Å². The van der Waals surface area contributed by atoms with Gasteiger partial charge in [-0.2, -0.15) is 0 Å². The van der Waals surface area contributed by atoms with E-state index in [1.54, 1.807) is 6.34 Å². The van der Waals surface area contributed by atoms with Crippen LogP contribution in [0.3, 0.4) is 0 Å². The molecule has 2 aromatic heterocycles. The molecule has 210 valence electrons. The average Bonchev–Trinajstić information content (AvgIpc) is 3.47. The van der Waals surface area contributed by atoms with Crippen molar-refractivity contribution in [1.29, 1.82) is 0 Å². The zero-order valence-electron chi connectivity index (χ0n) is 23.5. The Kier molecular flexibility index (Phi) is 8.44. The fourth-order valence-corrected chi connectivity index (χ4v) is 10.9. The molecule has 3 unspecified atom stereocenters. The summed E-state index contributed by atoms with van der Waals surface area (Å²) < 4.78 is 16.5. The van der Waals surface area contributed by atoms with Crippen LogP contribution in [0.1, 0.15) is 33.4 Å². The molecule has 4 aromatic rings. The van der Waals surface area contributed by atoms with Gasteiger partial charge in [-0.25, -0.2) is 15.0 Å². The molecule has 0 amide bonds. The van der Waals surface area contributed by atoms with Crippen molar-refractivity contribution >= 4 is 64.5 Å². The number of fused-ring (bicyclic) bond motifs is 1. The minimum absolute atomic E-state index is 0.161. The molecule has 1 aliphatic heterocycles. The van der Waals surface area contributed by atoms with Crippen molar-refractivity contribution in [2.75, 3.05) is 20.7 Å². The molecule has 0 bridgehead atoms. The highest BCUT2D eigenvalue weighted by Crippen LogP contribution is 2.39. The fraction of sp³-hybridized carbons (Fsp3) is 0.367. The first-order chi connectivity index (χ1) is 19.1. The summed E-state index contributed by atoms with van der Waals surface area (Å²) in [5.41, 5.74) is 0.732. The molecular formula is C30H36IN5O3Si. The third-order valence-electron chi connectivity index (χ3n) is 7.35. The van der Waals surface area contributed by atoms with Gasteiger partial charge in [-0.3, -0.25) is 0 Å². The van der Waals surface area contributed by atoms with Gasteiger partial charge in [0.15, 0.2) is 5.82 Å². The summed E-state index contributed by atoms with van der Waals surface area (Å²) >= 11 is 2.28. The molecule has 40 heavy (non-hydrogen) atoms. The Bertz CT molecular complexity index is 1430. The summed E-state index contributed by atoms with van der Waals surface area (Å²) in [5, 5.41) is 14.3. The normalized spacial score (nSPS) is 20.0. The van der Waals surface area contributed by atoms with Crippen LogP contribution in [0.15, 0.2) is 78.2 Å². The van der Waals surface area contributed by atoms with E-state index in [-0.39, 0.29) is 17.9 Å². The molecule has 1 aliphatic rings. The Morgan fingerprint density at radius 3 is 2.30 bits per heavy atom. The molecule has 0 radical (unpaired) electrons. The lowest BCUT2D eigenvalue weighted by Gasteiger charge is -2.43. The van der Waals surface area contributed by atoms with Crippen LogP contribution in [0, 0.1) is 3.57 Å². The van der Waals surface area contributed by atoms with Crippen LogP contribution in [0.2, 0.25) is 5.04 Å². The Labute approximate surface area is 250 Å². The van der Waals surface area contributed by atoms with E-state index in [1.165, 1.54) is 16.7 Å². The Morgan fingerprint density at radius 2 is 1.73 bits per heavy atom. The van der Waals surface area contributed by atoms with Gasteiger partial charge in [-0.15, -0.1) is 0 Å². The number of aliphatic hydroxyl groups is 1. The number of benzene rings is 2. The summed E-state index contributed by atoms with van der Waals surface area (Å²) in [6.45, 7) is 7.03. The van der Waals surface area contributed by atoms with Gasteiger partial charge in [0, 0.05) is 30.3 Å². The highest BCUT2D eigenvalue weighted by atomic mass is 127. The van der Waals surface area contributed by atoms with E-state index < -0.39 is 20.5 Å². The predicted molar refractivity (Wildman–Crippen MR) is 170 cm³/mol. The molecule has 3 heterocycles. The molecule has 1 saturated heterocycles. The molecule has 8 nitrogen and oxygen atoms in total. The van der Waals surface area contributed by atoms with Crippen molar-refractivity contribution in [2.24, 2.45) is 4.99 Å². The Hall–Kier alpha value is -2.64. The number of hydrogen-bond acceptors (Lipinski definition) is 6. The molecule has 0 saturated carbocycles. The number of aliphatic imine (C=N–C) groups is 1. The van der Waals surface area contributed by atoms with Crippen LogP contribution in [-0.2, 0) is 9.16 Å². The standard InChI is InChI=1S/C30H36IN5O3Si/c1-30(2,3)40(21-12-8-6-9-13-21,22-14-10-7-11-15-22)38-18-25-24(37)16-26(39-25)36-17-23(31)27-28(34-20-35(4)5)32-19-33-29(27)36/h6-15,17,19-20,24-26,37H,16,18H2,1-5H3. The van der Waals surface area contributed by atoms with Crippen LogP contribution in [0.25, 0.3) is 11.0 Å². The molecular weight excluding hydrogens is 633 g/mol. The summed E-state index contributed by atoms with van der Waals surface area (Å²) in [7, 11) is 1.08. The molecule has 1 fully saturated rings. The monoisotopic (exact) mass is 669 g/mol. The zero-order valence-corrected chi connectivity index (χ0v) is 26.7. The van der Waals surface area contributed by atoms with E-state index in [9.17, 15) is 5.11 Å². The highest BCUT2D eigenvalue weighted by molar-refractivity contribution is 14.1. The SMILES string of the molecule is CN(C)C=Nc1ncnc2c1c(I)cn2C1CC(O)C(CO[Si](c2ccccc2)(c2ccccc2)C(C)(C)C)O1. The average molecular weight is 670 g/mol. The second-order valence-electron chi connectivity index (χ2n) is 11.4. The van der Waals surface area contributed by atoms with Crippen molar-refractivity contribution < 1.29 is 14.3 Å². The van der Waals surface area contributed by atoms with Crippen LogP contribution in [-0.4, -0.2) is 72.1 Å². The van der Waals surface area contributed by atoms with E-state index in [0.29, 0.717) is 12.2 Å². The second-order valence-corrected chi connectivity index (χ2v) is 16.9. The third-order valence-corrected chi connectivity index (χ3v) is 13.2. The predicted octanol–water partition coefficient (Wildman–Crippen LogP) is 4.48. The van der Waals surface area contributed by atoms with Crippen molar-refractivity contribution in [3.63, 3.8) is 0 Å². The summed E-state index contributed by atoms with van der Waals surface area (Å²) in [4.78, 5) is 15.3. The van der Waals surface area contributed by atoms with Gasteiger partial charge in [0.2, 0.25) is 0 Å². The maximum absolute atomic E-state index is 11.2. The zero-order chi connectivity index (χ0) is 28.5. The van der Waals surface area contributed by atoms with E-state index in [1.807, 2.05) is 41.9 Å². The van der Waals surface area contributed by atoms with E-state index in [2.05, 4.69) is 107 Å². The lowest BCUT2D eigenvalue weighted by atomic mass is 10.2. The molecule has 0 spiro atoms. The summed E-state index contributed by atoms with van der Waals surface area (Å²) in [6.07, 6.45) is 4.15. The number of halogens is 1. The van der Waals surface area contributed by atoms with Gasteiger partial charge in [0.05, 0.1) is 24.4 Å². The topological polar surface area (TPSA) is 85.0 Å². The van der Waals surface area contributed by atoms with Gasteiger partial charge in [-0.05, 0) is 38.0 Å². The number of rotatable bonds is 8. The first kappa shape index (κ1) is 28.9. The maximum atomic E-state index is 11.2.